The minimum atomic E-state index is -1.41. The summed E-state index contributed by atoms with van der Waals surface area (Å²) in [6.45, 7) is 2.43. The van der Waals surface area contributed by atoms with E-state index >= 15 is 0 Å². The summed E-state index contributed by atoms with van der Waals surface area (Å²) in [7, 11) is 0. The first-order valence-electron chi connectivity index (χ1n) is 8.36. The lowest BCUT2D eigenvalue weighted by Gasteiger charge is -2.29. The zero-order chi connectivity index (χ0) is 16.0. The summed E-state index contributed by atoms with van der Waals surface area (Å²) in [5, 5.41) is 0. The minimum Gasteiger partial charge on any atom is -0.475 e. The molecule has 1 aromatic heterocycles. The van der Waals surface area contributed by atoms with Gasteiger partial charge in [-0.1, -0.05) is 6.07 Å². The molecule has 1 aromatic rings. The fraction of sp³-hybridized carbons (Fsp3) is 0.706. The van der Waals surface area contributed by atoms with Crippen LogP contribution in [0.4, 0.5) is 4.39 Å². The second kappa shape index (κ2) is 8.04. The highest BCUT2D eigenvalue weighted by atomic mass is 19.1. The predicted molar refractivity (Wildman–Crippen MR) is 82.1 cm³/mol. The average Bonchev–Trinajstić information content (AvgIpc) is 2.61. The van der Waals surface area contributed by atoms with E-state index in [4.69, 9.17) is 18.9 Å². The Hall–Kier alpha value is -1.24. The summed E-state index contributed by atoms with van der Waals surface area (Å²) in [5.41, 5.74) is -0.987. The van der Waals surface area contributed by atoms with Crippen molar-refractivity contribution >= 4 is 0 Å². The van der Waals surface area contributed by atoms with Crippen LogP contribution in [0.2, 0.25) is 0 Å². The van der Waals surface area contributed by atoms with E-state index in [0.29, 0.717) is 50.8 Å². The van der Waals surface area contributed by atoms with Gasteiger partial charge >= 0.3 is 0 Å². The zero-order valence-electron chi connectivity index (χ0n) is 13.3. The molecule has 0 aromatic carbocycles. The molecule has 0 aliphatic carbocycles. The Kier molecular flexibility index (Phi) is 5.80. The van der Waals surface area contributed by atoms with Gasteiger partial charge in [0, 0.05) is 25.5 Å². The molecule has 128 valence electrons. The van der Waals surface area contributed by atoms with Gasteiger partial charge in [0.2, 0.25) is 5.88 Å². The third-order valence-electron chi connectivity index (χ3n) is 4.24. The van der Waals surface area contributed by atoms with Crippen LogP contribution in [0.15, 0.2) is 18.2 Å². The first kappa shape index (κ1) is 16.6. The number of rotatable bonds is 6. The SMILES string of the molecule is FC1(c2cccc(OCCOC3CCCCO3)n2)CCOCC1. The maximum absolute atomic E-state index is 14.9. The number of ether oxygens (including phenoxy) is 4. The molecular formula is C17H24FNO4. The van der Waals surface area contributed by atoms with E-state index in [2.05, 4.69) is 4.98 Å². The van der Waals surface area contributed by atoms with Crippen LogP contribution in [0.5, 0.6) is 5.88 Å². The number of nitrogens with zero attached hydrogens (tertiary/aromatic N) is 1. The molecule has 3 rings (SSSR count). The largest absolute Gasteiger partial charge is 0.475 e. The Bertz CT molecular complexity index is 487. The quantitative estimate of drug-likeness (QED) is 0.753. The maximum atomic E-state index is 14.9. The molecule has 0 N–H and O–H groups in total. The standard InChI is InChI=1S/C17H24FNO4/c18-17(7-10-20-11-8-17)14-4-3-5-15(19-14)21-12-13-23-16-6-1-2-9-22-16/h3-5,16H,1-2,6-13H2. The van der Waals surface area contributed by atoms with Crippen molar-refractivity contribution in [3.8, 4) is 5.88 Å². The van der Waals surface area contributed by atoms with Crippen molar-refractivity contribution in [2.24, 2.45) is 0 Å². The molecule has 23 heavy (non-hydrogen) atoms. The summed E-state index contributed by atoms with van der Waals surface area (Å²) < 4.78 is 36.8. The molecular weight excluding hydrogens is 301 g/mol. The molecule has 0 saturated carbocycles. The van der Waals surface area contributed by atoms with Gasteiger partial charge in [-0.2, -0.15) is 0 Å². The average molecular weight is 325 g/mol. The first-order valence-corrected chi connectivity index (χ1v) is 8.36. The Balaban J connectivity index is 1.47. The molecule has 0 spiro atoms. The van der Waals surface area contributed by atoms with Crippen molar-refractivity contribution in [2.45, 2.75) is 44.1 Å². The summed E-state index contributed by atoms with van der Waals surface area (Å²) >= 11 is 0. The first-order chi connectivity index (χ1) is 11.3. The fourth-order valence-corrected chi connectivity index (χ4v) is 2.86. The number of pyridine rings is 1. The number of aromatic nitrogens is 1. The smallest absolute Gasteiger partial charge is 0.213 e. The van der Waals surface area contributed by atoms with Gasteiger partial charge in [0.05, 0.1) is 25.5 Å². The fourth-order valence-electron chi connectivity index (χ4n) is 2.86. The third kappa shape index (κ3) is 4.62. The van der Waals surface area contributed by atoms with Crippen LogP contribution >= 0.6 is 0 Å². The molecule has 1 unspecified atom stereocenters. The summed E-state index contributed by atoms with van der Waals surface area (Å²) in [4.78, 5) is 4.31. The topological polar surface area (TPSA) is 49.8 Å². The second-order valence-electron chi connectivity index (χ2n) is 5.95. The molecule has 2 aliphatic heterocycles. The Morgan fingerprint density at radius 1 is 1.17 bits per heavy atom. The van der Waals surface area contributed by atoms with Crippen LogP contribution in [0.25, 0.3) is 0 Å². The lowest BCUT2D eigenvalue weighted by atomic mass is 9.92. The monoisotopic (exact) mass is 325 g/mol. The van der Waals surface area contributed by atoms with Crippen molar-refractivity contribution < 1.29 is 23.3 Å². The normalized spacial score (nSPS) is 24.3. The summed E-state index contributed by atoms with van der Waals surface area (Å²) in [5.74, 6) is 0.430. The predicted octanol–water partition coefficient (Wildman–Crippen LogP) is 2.98. The molecule has 0 amide bonds. The molecule has 0 radical (unpaired) electrons. The number of alkyl halides is 1. The molecule has 6 heteroatoms. The Labute approximate surface area is 136 Å². The van der Waals surface area contributed by atoms with Gasteiger partial charge in [0.25, 0.3) is 0 Å². The lowest BCUT2D eigenvalue weighted by Crippen LogP contribution is -2.30. The molecule has 2 aliphatic rings. The van der Waals surface area contributed by atoms with E-state index in [1.165, 1.54) is 0 Å². The van der Waals surface area contributed by atoms with Gasteiger partial charge in [-0.15, -0.1) is 0 Å². The number of halogens is 1. The Morgan fingerprint density at radius 2 is 2.04 bits per heavy atom. The van der Waals surface area contributed by atoms with Crippen LogP contribution in [-0.2, 0) is 19.9 Å². The summed E-state index contributed by atoms with van der Waals surface area (Å²) in [6.07, 6.45) is 3.72. The van der Waals surface area contributed by atoms with Crippen molar-refractivity contribution in [2.75, 3.05) is 33.0 Å². The van der Waals surface area contributed by atoms with Crippen LogP contribution < -0.4 is 4.74 Å². The van der Waals surface area contributed by atoms with E-state index in [0.717, 1.165) is 25.9 Å². The van der Waals surface area contributed by atoms with Gasteiger partial charge in [0.1, 0.15) is 6.61 Å². The van der Waals surface area contributed by atoms with Crippen LogP contribution in [-0.4, -0.2) is 44.3 Å². The molecule has 0 bridgehead atoms. The maximum Gasteiger partial charge on any atom is 0.213 e. The molecule has 1 atom stereocenters. The van der Waals surface area contributed by atoms with Crippen molar-refractivity contribution in [1.29, 1.82) is 0 Å². The highest BCUT2D eigenvalue weighted by Crippen LogP contribution is 2.35. The molecule has 2 saturated heterocycles. The van der Waals surface area contributed by atoms with E-state index in [9.17, 15) is 4.39 Å². The zero-order valence-corrected chi connectivity index (χ0v) is 13.3. The van der Waals surface area contributed by atoms with Gasteiger partial charge in [-0.05, 0) is 25.3 Å². The highest BCUT2D eigenvalue weighted by Gasteiger charge is 2.35. The van der Waals surface area contributed by atoms with Crippen molar-refractivity contribution in [1.82, 2.24) is 4.98 Å². The second-order valence-corrected chi connectivity index (χ2v) is 5.95. The van der Waals surface area contributed by atoms with E-state index in [-0.39, 0.29) is 6.29 Å². The number of hydrogen-bond donors (Lipinski definition) is 0. The van der Waals surface area contributed by atoms with Gasteiger partial charge in [-0.3, -0.25) is 0 Å². The highest BCUT2D eigenvalue weighted by molar-refractivity contribution is 5.21. The molecule has 2 fully saturated rings. The van der Waals surface area contributed by atoms with Crippen molar-refractivity contribution in [3.63, 3.8) is 0 Å². The van der Waals surface area contributed by atoms with Gasteiger partial charge < -0.3 is 18.9 Å². The van der Waals surface area contributed by atoms with E-state index in [1.807, 2.05) is 0 Å². The minimum absolute atomic E-state index is 0.122. The van der Waals surface area contributed by atoms with Crippen molar-refractivity contribution in [3.05, 3.63) is 23.9 Å². The molecule has 5 nitrogen and oxygen atoms in total. The van der Waals surface area contributed by atoms with Gasteiger partial charge in [0.15, 0.2) is 12.0 Å². The van der Waals surface area contributed by atoms with Gasteiger partial charge in [-0.25, -0.2) is 9.37 Å². The van der Waals surface area contributed by atoms with E-state index < -0.39 is 5.67 Å². The van der Waals surface area contributed by atoms with Crippen LogP contribution in [0.1, 0.15) is 37.8 Å². The van der Waals surface area contributed by atoms with Crippen LogP contribution in [0, 0.1) is 0 Å². The molecule has 3 heterocycles. The lowest BCUT2D eigenvalue weighted by molar-refractivity contribution is -0.165. The third-order valence-corrected chi connectivity index (χ3v) is 4.24. The number of hydrogen-bond acceptors (Lipinski definition) is 5. The summed E-state index contributed by atoms with van der Waals surface area (Å²) in [6, 6.07) is 5.23. The van der Waals surface area contributed by atoms with Crippen LogP contribution in [0.3, 0.4) is 0 Å². The van der Waals surface area contributed by atoms with E-state index in [1.54, 1.807) is 18.2 Å². The Morgan fingerprint density at radius 3 is 2.83 bits per heavy atom.